The molecule has 0 heterocycles. The van der Waals surface area contributed by atoms with Gasteiger partial charge in [0.05, 0.1) is 11.9 Å². The molecule has 0 radical (unpaired) electrons. The van der Waals surface area contributed by atoms with Gasteiger partial charge in [0.25, 0.3) is 0 Å². The number of rotatable bonds is 8. The summed E-state index contributed by atoms with van der Waals surface area (Å²) in [5.41, 5.74) is 1.49. The molecular weight excluding hydrogens is 404 g/mol. The zero-order valence-electron chi connectivity index (χ0n) is 15.5. The Labute approximate surface area is 170 Å². The van der Waals surface area contributed by atoms with Crippen molar-refractivity contribution in [1.82, 2.24) is 5.32 Å². The minimum Gasteiger partial charge on any atom is -0.353 e. The lowest BCUT2D eigenvalue weighted by Gasteiger charge is -2.28. The number of anilines is 1. The minimum absolute atomic E-state index is 0.335. The van der Waals surface area contributed by atoms with Gasteiger partial charge in [-0.25, -0.2) is 8.42 Å². The second-order valence-corrected chi connectivity index (χ2v) is 9.63. The van der Waals surface area contributed by atoms with Crippen LogP contribution in [0.1, 0.15) is 12.5 Å². The van der Waals surface area contributed by atoms with E-state index in [0.29, 0.717) is 23.0 Å². The second-order valence-electron chi connectivity index (χ2n) is 6.16. The lowest BCUT2D eigenvalue weighted by atomic mass is 10.2. The van der Waals surface area contributed by atoms with Crippen LogP contribution in [0.5, 0.6) is 0 Å². The molecule has 0 aliphatic carbocycles. The molecule has 0 saturated carbocycles. The molecule has 1 amide bonds. The number of benzene rings is 2. The monoisotopic (exact) mass is 426 g/mol. The third-order valence-electron chi connectivity index (χ3n) is 3.86. The lowest BCUT2D eigenvalue weighted by molar-refractivity contribution is -0.121. The molecule has 5 nitrogen and oxygen atoms in total. The highest BCUT2D eigenvalue weighted by atomic mass is 35.5. The molecule has 8 heteroatoms. The highest BCUT2D eigenvalue weighted by Gasteiger charge is 2.28. The second kappa shape index (κ2) is 9.48. The molecule has 1 N–H and O–H groups in total. The van der Waals surface area contributed by atoms with Crippen molar-refractivity contribution in [2.24, 2.45) is 0 Å². The van der Waals surface area contributed by atoms with Crippen molar-refractivity contribution in [3.63, 3.8) is 0 Å². The zero-order chi connectivity index (χ0) is 20.0. The van der Waals surface area contributed by atoms with Crippen LogP contribution in [-0.2, 0) is 14.8 Å². The van der Waals surface area contributed by atoms with E-state index >= 15 is 0 Å². The Morgan fingerprint density at radius 2 is 1.74 bits per heavy atom. The third kappa shape index (κ3) is 6.45. The quantitative estimate of drug-likeness (QED) is 0.516. The average Bonchev–Trinajstić information content (AvgIpc) is 2.60. The van der Waals surface area contributed by atoms with Crippen molar-refractivity contribution in [2.75, 3.05) is 22.9 Å². The van der Waals surface area contributed by atoms with Crippen LogP contribution in [0.15, 0.2) is 53.4 Å². The molecular formula is C19H23ClN2O3S2. The van der Waals surface area contributed by atoms with Crippen molar-refractivity contribution in [3.05, 3.63) is 59.1 Å². The van der Waals surface area contributed by atoms with Crippen LogP contribution >= 0.6 is 23.4 Å². The normalized spacial score (nSPS) is 12.4. The van der Waals surface area contributed by atoms with E-state index in [4.69, 9.17) is 11.6 Å². The smallest absolute Gasteiger partial charge is 0.243 e. The highest BCUT2D eigenvalue weighted by Crippen LogP contribution is 2.22. The lowest BCUT2D eigenvalue weighted by Crippen LogP contribution is -2.48. The fraction of sp³-hybridized carbons (Fsp3) is 0.316. The van der Waals surface area contributed by atoms with Gasteiger partial charge >= 0.3 is 0 Å². The first-order chi connectivity index (χ1) is 12.7. The van der Waals surface area contributed by atoms with E-state index in [2.05, 4.69) is 5.32 Å². The summed E-state index contributed by atoms with van der Waals surface area (Å²) in [6.45, 7) is 3.94. The first-order valence-corrected chi connectivity index (χ1v) is 11.6. The molecule has 0 aromatic heterocycles. The van der Waals surface area contributed by atoms with Gasteiger partial charge in [-0.1, -0.05) is 29.3 Å². The van der Waals surface area contributed by atoms with Gasteiger partial charge in [-0.3, -0.25) is 9.10 Å². The van der Waals surface area contributed by atoms with Crippen LogP contribution in [0, 0.1) is 6.92 Å². The standard InChI is InChI=1S/C19H23ClN2O3S2/c1-14-4-8-17(9-5-14)22(27(3,24)25)15(2)19(23)21-12-13-26-18-10-6-16(20)7-11-18/h4-11,15H,12-13H2,1-3H3,(H,21,23)/t15-/m0/s1. The number of aryl methyl sites for hydroxylation is 1. The molecule has 0 aliphatic rings. The molecule has 0 fully saturated rings. The van der Waals surface area contributed by atoms with Crippen LogP contribution in [-0.4, -0.2) is 38.9 Å². The number of sulfonamides is 1. The average molecular weight is 427 g/mol. The minimum atomic E-state index is -3.60. The SMILES string of the molecule is Cc1ccc(N([C@@H](C)C(=O)NCCSc2ccc(Cl)cc2)S(C)(=O)=O)cc1. The van der Waals surface area contributed by atoms with Gasteiger partial charge in [0, 0.05) is 22.2 Å². The number of thioether (sulfide) groups is 1. The molecule has 146 valence electrons. The Kier molecular flexibility index (Phi) is 7.59. The van der Waals surface area contributed by atoms with Gasteiger partial charge < -0.3 is 5.32 Å². The van der Waals surface area contributed by atoms with Gasteiger partial charge in [-0.2, -0.15) is 0 Å². The van der Waals surface area contributed by atoms with Crippen LogP contribution in [0.4, 0.5) is 5.69 Å². The van der Waals surface area contributed by atoms with Gasteiger partial charge in [-0.15, -0.1) is 11.8 Å². The molecule has 2 aromatic rings. The number of nitrogens with one attached hydrogen (secondary N) is 1. The molecule has 0 spiro atoms. The van der Waals surface area contributed by atoms with E-state index < -0.39 is 16.1 Å². The maximum absolute atomic E-state index is 12.5. The van der Waals surface area contributed by atoms with Gasteiger partial charge in [0.15, 0.2) is 0 Å². The summed E-state index contributed by atoms with van der Waals surface area (Å²) in [6, 6.07) is 13.7. The largest absolute Gasteiger partial charge is 0.353 e. The molecule has 2 aromatic carbocycles. The summed E-state index contributed by atoms with van der Waals surface area (Å²) in [5.74, 6) is 0.335. The summed E-state index contributed by atoms with van der Waals surface area (Å²) in [5, 5.41) is 3.48. The van der Waals surface area contributed by atoms with Crippen LogP contribution < -0.4 is 9.62 Å². The number of amides is 1. The van der Waals surface area contributed by atoms with Crippen LogP contribution in [0.25, 0.3) is 0 Å². The van der Waals surface area contributed by atoms with E-state index in [-0.39, 0.29) is 5.91 Å². The van der Waals surface area contributed by atoms with Gasteiger partial charge in [0.1, 0.15) is 6.04 Å². The van der Waals surface area contributed by atoms with Gasteiger partial charge in [0.2, 0.25) is 15.9 Å². The van der Waals surface area contributed by atoms with Crippen molar-refractivity contribution in [2.45, 2.75) is 24.8 Å². The van der Waals surface area contributed by atoms with Crippen molar-refractivity contribution < 1.29 is 13.2 Å². The molecule has 0 unspecified atom stereocenters. The summed E-state index contributed by atoms with van der Waals surface area (Å²) in [7, 11) is -3.60. The number of hydrogen-bond acceptors (Lipinski definition) is 4. The Morgan fingerprint density at radius 1 is 1.15 bits per heavy atom. The molecule has 2 rings (SSSR count). The molecule has 0 bridgehead atoms. The summed E-state index contributed by atoms with van der Waals surface area (Å²) >= 11 is 7.44. The molecule has 0 saturated heterocycles. The topological polar surface area (TPSA) is 66.5 Å². The first kappa shape index (κ1) is 21.6. The predicted molar refractivity (Wildman–Crippen MR) is 113 cm³/mol. The van der Waals surface area contributed by atoms with Crippen LogP contribution in [0.2, 0.25) is 5.02 Å². The Balaban J connectivity index is 1.96. The van der Waals surface area contributed by atoms with Crippen LogP contribution in [0.3, 0.4) is 0 Å². The molecule has 1 atom stereocenters. The number of carbonyl (C=O) groups is 1. The van der Waals surface area contributed by atoms with E-state index in [9.17, 15) is 13.2 Å². The van der Waals surface area contributed by atoms with E-state index in [1.54, 1.807) is 30.8 Å². The molecule has 27 heavy (non-hydrogen) atoms. The van der Waals surface area contributed by atoms with E-state index in [1.165, 1.54) is 0 Å². The van der Waals surface area contributed by atoms with E-state index in [1.807, 2.05) is 43.3 Å². The van der Waals surface area contributed by atoms with Gasteiger partial charge in [-0.05, 0) is 50.2 Å². The fourth-order valence-electron chi connectivity index (χ4n) is 2.52. The number of hydrogen-bond donors (Lipinski definition) is 1. The zero-order valence-corrected chi connectivity index (χ0v) is 17.9. The summed E-state index contributed by atoms with van der Waals surface area (Å²) in [6.07, 6.45) is 1.10. The molecule has 0 aliphatic heterocycles. The third-order valence-corrected chi connectivity index (χ3v) is 6.37. The predicted octanol–water partition coefficient (Wildman–Crippen LogP) is 3.71. The fourth-order valence-corrected chi connectivity index (χ4v) is 4.59. The summed E-state index contributed by atoms with van der Waals surface area (Å²) < 4.78 is 25.6. The maximum Gasteiger partial charge on any atom is 0.243 e. The van der Waals surface area contributed by atoms with E-state index in [0.717, 1.165) is 21.0 Å². The number of nitrogens with zero attached hydrogens (tertiary/aromatic N) is 1. The number of halogens is 1. The maximum atomic E-state index is 12.5. The number of carbonyl (C=O) groups excluding carboxylic acids is 1. The Morgan fingerprint density at radius 3 is 2.30 bits per heavy atom. The Hall–Kier alpha value is -1.70. The Bertz CT molecular complexity index is 869. The first-order valence-electron chi connectivity index (χ1n) is 8.40. The summed E-state index contributed by atoms with van der Waals surface area (Å²) in [4.78, 5) is 13.5. The van der Waals surface area contributed by atoms with Crippen molar-refractivity contribution in [1.29, 1.82) is 0 Å². The highest BCUT2D eigenvalue weighted by molar-refractivity contribution is 7.99. The van der Waals surface area contributed by atoms with Crippen molar-refractivity contribution >= 4 is 45.0 Å². The van der Waals surface area contributed by atoms with Crippen molar-refractivity contribution in [3.8, 4) is 0 Å².